The molecule has 1 saturated heterocycles. The van der Waals surface area contributed by atoms with Crippen LogP contribution in [0.25, 0.3) is 0 Å². The number of methoxy groups -OCH3 is 1. The average molecular weight is 273 g/mol. The maximum absolute atomic E-state index is 12.5. The summed E-state index contributed by atoms with van der Waals surface area (Å²) in [4.78, 5) is 26.0. The number of hydrogen-bond donors (Lipinski definition) is 0. The lowest BCUT2D eigenvalue weighted by atomic mass is 9.96. The highest BCUT2D eigenvalue weighted by molar-refractivity contribution is 6.00. The van der Waals surface area contributed by atoms with Crippen molar-refractivity contribution in [2.75, 3.05) is 13.7 Å². The molecule has 1 amide bonds. The molecule has 4 nitrogen and oxygen atoms in total. The molecule has 4 heteroatoms. The molecular formula is C16H19NO3. The molecule has 0 aromatic heterocycles. The van der Waals surface area contributed by atoms with E-state index in [1.165, 1.54) is 7.11 Å². The predicted molar refractivity (Wildman–Crippen MR) is 75.8 cm³/mol. The molecule has 20 heavy (non-hydrogen) atoms. The summed E-state index contributed by atoms with van der Waals surface area (Å²) in [5.74, 6) is -1.62. The summed E-state index contributed by atoms with van der Waals surface area (Å²) in [7, 11) is 1.30. The maximum atomic E-state index is 12.5. The van der Waals surface area contributed by atoms with E-state index in [9.17, 15) is 9.59 Å². The second kappa shape index (κ2) is 5.90. The van der Waals surface area contributed by atoms with Crippen molar-refractivity contribution in [3.63, 3.8) is 0 Å². The lowest BCUT2D eigenvalue weighted by Gasteiger charge is -2.25. The van der Waals surface area contributed by atoms with Crippen LogP contribution in [0.1, 0.15) is 18.5 Å². The number of hydrogen-bond acceptors (Lipinski definition) is 3. The number of esters is 1. The number of carbonyl (C=O) groups excluding carboxylic acids is 2. The molecule has 0 unspecified atom stereocenters. The van der Waals surface area contributed by atoms with E-state index in [1.807, 2.05) is 37.3 Å². The molecule has 0 bridgehead atoms. The molecule has 0 aliphatic carbocycles. The van der Waals surface area contributed by atoms with Crippen molar-refractivity contribution in [2.24, 2.45) is 11.8 Å². The molecule has 1 aromatic rings. The van der Waals surface area contributed by atoms with Crippen molar-refractivity contribution < 1.29 is 14.3 Å². The Kier molecular flexibility index (Phi) is 4.23. The van der Waals surface area contributed by atoms with Crippen LogP contribution in [0.2, 0.25) is 0 Å². The van der Waals surface area contributed by atoms with Gasteiger partial charge in [-0.3, -0.25) is 9.59 Å². The van der Waals surface area contributed by atoms with Crippen LogP contribution < -0.4 is 0 Å². The third-order valence-corrected chi connectivity index (χ3v) is 3.89. The Labute approximate surface area is 119 Å². The number of benzene rings is 1. The highest BCUT2D eigenvalue weighted by Gasteiger charge is 2.45. The fourth-order valence-electron chi connectivity index (χ4n) is 2.66. The zero-order valence-electron chi connectivity index (χ0n) is 11.8. The topological polar surface area (TPSA) is 46.6 Å². The van der Waals surface area contributed by atoms with Crippen LogP contribution in [0, 0.1) is 11.8 Å². The first kappa shape index (κ1) is 14.3. The van der Waals surface area contributed by atoms with Crippen molar-refractivity contribution in [3.05, 3.63) is 48.6 Å². The monoisotopic (exact) mass is 273 g/mol. The van der Waals surface area contributed by atoms with E-state index >= 15 is 0 Å². The highest BCUT2D eigenvalue weighted by atomic mass is 16.5. The van der Waals surface area contributed by atoms with E-state index in [2.05, 4.69) is 6.58 Å². The summed E-state index contributed by atoms with van der Waals surface area (Å²) in [5, 5.41) is 0. The van der Waals surface area contributed by atoms with E-state index in [-0.39, 0.29) is 17.9 Å². The Balaban J connectivity index is 2.24. The first-order valence-electron chi connectivity index (χ1n) is 6.66. The van der Waals surface area contributed by atoms with Crippen LogP contribution in [0.4, 0.5) is 0 Å². The summed E-state index contributed by atoms with van der Waals surface area (Å²) in [6.07, 6.45) is 1.66. The number of ether oxygens (including phenoxy) is 1. The number of carbonyl (C=O) groups is 2. The van der Waals surface area contributed by atoms with Gasteiger partial charge in [-0.05, 0) is 12.5 Å². The molecule has 1 aromatic carbocycles. The third-order valence-electron chi connectivity index (χ3n) is 3.89. The standard InChI is InChI=1S/C16H19NO3/c1-4-12-10-17(15(18)14(12)16(19)20-3)11(2)13-8-6-5-7-9-13/h4-9,11-12,14H,1,10H2,2-3H3/t11-,12+,14-/m0/s1. The van der Waals surface area contributed by atoms with Gasteiger partial charge in [-0.1, -0.05) is 36.4 Å². The van der Waals surface area contributed by atoms with Gasteiger partial charge in [0.1, 0.15) is 5.92 Å². The van der Waals surface area contributed by atoms with Crippen molar-refractivity contribution in [1.29, 1.82) is 0 Å². The normalized spacial score (nSPS) is 23.5. The lowest BCUT2D eigenvalue weighted by molar-refractivity contribution is -0.151. The number of rotatable bonds is 4. The second-order valence-electron chi connectivity index (χ2n) is 4.98. The minimum Gasteiger partial charge on any atom is -0.468 e. The molecule has 1 fully saturated rings. The van der Waals surface area contributed by atoms with E-state index in [0.717, 1.165) is 5.56 Å². The third kappa shape index (κ3) is 2.46. The quantitative estimate of drug-likeness (QED) is 0.480. The van der Waals surface area contributed by atoms with E-state index in [1.54, 1.807) is 11.0 Å². The van der Waals surface area contributed by atoms with Gasteiger partial charge in [0.2, 0.25) is 5.91 Å². The van der Waals surface area contributed by atoms with Gasteiger partial charge in [0.15, 0.2) is 0 Å². The fraction of sp³-hybridized carbons (Fsp3) is 0.375. The molecule has 1 aliphatic rings. The van der Waals surface area contributed by atoms with Crippen LogP contribution in [-0.2, 0) is 14.3 Å². The molecule has 1 heterocycles. The molecule has 2 rings (SSSR count). The van der Waals surface area contributed by atoms with Crippen molar-refractivity contribution in [1.82, 2.24) is 4.90 Å². The number of likely N-dealkylation sites (tertiary alicyclic amines) is 1. The molecule has 0 saturated carbocycles. The fourth-order valence-corrected chi connectivity index (χ4v) is 2.66. The Morgan fingerprint density at radius 3 is 2.65 bits per heavy atom. The van der Waals surface area contributed by atoms with Gasteiger partial charge in [0, 0.05) is 12.5 Å². The molecule has 1 aliphatic heterocycles. The van der Waals surface area contributed by atoms with Gasteiger partial charge < -0.3 is 9.64 Å². The second-order valence-corrected chi connectivity index (χ2v) is 4.98. The van der Waals surface area contributed by atoms with Gasteiger partial charge in [-0.15, -0.1) is 6.58 Å². The van der Waals surface area contributed by atoms with Crippen molar-refractivity contribution in [2.45, 2.75) is 13.0 Å². The Morgan fingerprint density at radius 1 is 1.45 bits per heavy atom. The van der Waals surface area contributed by atoms with Gasteiger partial charge in [0.05, 0.1) is 13.2 Å². The first-order valence-corrected chi connectivity index (χ1v) is 6.66. The number of nitrogens with zero attached hydrogens (tertiary/aromatic N) is 1. The average Bonchev–Trinajstić information content (AvgIpc) is 2.83. The van der Waals surface area contributed by atoms with Gasteiger partial charge >= 0.3 is 5.97 Å². The lowest BCUT2D eigenvalue weighted by Crippen LogP contribution is -2.33. The maximum Gasteiger partial charge on any atom is 0.318 e. The van der Waals surface area contributed by atoms with E-state index < -0.39 is 11.9 Å². The molecule has 0 radical (unpaired) electrons. The smallest absolute Gasteiger partial charge is 0.318 e. The predicted octanol–water partition coefficient (Wildman–Crippen LogP) is 2.18. The van der Waals surface area contributed by atoms with Crippen molar-refractivity contribution in [3.8, 4) is 0 Å². The zero-order chi connectivity index (χ0) is 14.7. The summed E-state index contributed by atoms with van der Waals surface area (Å²) in [6.45, 7) is 6.19. The van der Waals surface area contributed by atoms with E-state index in [4.69, 9.17) is 4.74 Å². The largest absolute Gasteiger partial charge is 0.468 e. The van der Waals surface area contributed by atoms with Crippen LogP contribution in [0.3, 0.4) is 0 Å². The Bertz CT molecular complexity index is 512. The molecule has 3 atom stereocenters. The first-order chi connectivity index (χ1) is 9.60. The Hall–Kier alpha value is -2.10. The molecule has 0 N–H and O–H groups in total. The minimum absolute atomic E-state index is 0.0687. The summed E-state index contributed by atoms with van der Waals surface area (Å²) in [5.41, 5.74) is 1.05. The molecule has 0 spiro atoms. The van der Waals surface area contributed by atoms with Crippen LogP contribution in [-0.4, -0.2) is 30.4 Å². The van der Waals surface area contributed by atoms with Crippen LogP contribution in [0.15, 0.2) is 43.0 Å². The zero-order valence-corrected chi connectivity index (χ0v) is 11.8. The van der Waals surface area contributed by atoms with E-state index in [0.29, 0.717) is 6.54 Å². The molecule has 106 valence electrons. The minimum atomic E-state index is -0.760. The number of amides is 1. The Morgan fingerprint density at radius 2 is 2.10 bits per heavy atom. The van der Waals surface area contributed by atoms with Crippen LogP contribution >= 0.6 is 0 Å². The van der Waals surface area contributed by atoms with Gasteiger partial charge in [-0.25, -0.2) is 0 Å². The SMILES string of the molecule is C=C[C@@H]1CN([C@@H](C)c2ccccc2)C(=O)[C@H]1C(=O)OC. The van der Waals surface area contributed by atoms with Crippen molar-refractivity contribution >= 4 is 11.9 Å². The summed E-state index contributed by atoms with van der Waals surface area (Å²) < 4.78 is 4.74. The van der Waals surface area contributed by atoms with Gasteiger partial charge in [0.25, 0.3) is 0 Å². The van der Waals surface area contributed by atoms with Gasteiger partial charge in [-0.2, -0.15) is 0 Å². The summed E-state index contributed by atoms with van der Waals surface area (Å²) >= 11 is 0. The summed E-state index contributed by atoms with van der Waals surface area (Å²) in [6, 6.07) is 9.70. The molecular weight excluding hydrogens is 254 g/mol. The highest BCUT2D eigenvalue weighted by Crippen LogP contribution is 2.33. The van der Waals surface area contributed by atoms with Crippen LogP contribution in [0.5, 0.6) is 0 Å².